The summed E-state index contributed by atoms with van der Waals surface area (Å²) in [5, 5.41) is 31.0. The highest BCUT2D eigenvalue weighted by molar-refractivity contribution is 5.90. The van der Waals surface area contributed by atoms with Gasteiger partial charge in [-0.15, -0.1) is 0 Å². The Labute approximate surface area is 139 Å². The number of carboxylic acid groups (broad SMARTS) is 2. The summed E-state index contributed by atoms with van der Waals surface area (Å²) in [4.78, 5) is 45.4. The van der Waals surface area contributed by atoms with Gasteiger partial charge in [0.05, 0.1) is 6.61 Å². The lowest BCUT2D eigenvalue weighted by atomic mass is 10.0. The molecule has 0 bridgehead atoms. The molecule has 7 N–H and O–H groups in total. The van der Waals surface area contributed by atoms with Crippen molar-refractivity contribution in [2.45, 2.75) is 51.2 Å². The van der Waals surface area contributed by atoms with E-state index < -0.39 is 48.5 Å². The number of rotatable bonds is 11. The van der Waals surface area contributed by atoms with Crippen molar-refractivity contribution in [2.75, 3.05) is 6.61 Å². The summed E-state index contributed by atoms with van der Waals surface area (Å²) in [6.07, 6.45) is -0.0242. The third kappa shape index (κ3) is 8.44. The normalized spacial score (nSPS) is 14.5. The Balaban J connectivity index is 4.75. The summed E-state index contributed by atoms with van der Waals surface area (Å²) in [7, 11) is 0. The number of nitrogens with two attached hydrogens (primary N) is 1. The number of hydrogen-bond donors (Lipinski definition) is 6. The number of carbonyl (C=O) groups is 4. The molecule has 0 radical (unpaired) electrons. The van der Waals surface area contributed by atoms with Crippen LogP contribution in [0.15, 0.2) is 0 Å². The van der Waals surface area contributed by atoms with Crippen molar-refractivity contribution in [1.82, 2.24) is 10.6 Å². The minimum Gasteiger partial charge on any atom is -0.480 e. The van der Waals surface area contributed by atoms with E-state index in [1.54, 1.807) is 0 Å². The first-order chi connectivity index (χ1) is 11.1. The molecule has 2 amide bonds. The fraction of sp³-hybridized carbons (Fsp3) is 0.714. The second kappa shape index (κ2) is 10.6. The number of aliphatic hydroxyl groups is 1. The molecule has 0 aromatic rings. The highest BCUT2D eigenvalue weighted by atomic mass is 16.4. The van der Waals surface area contributed by atoms with Crippen LogP contribution in [-0.2, 0) is 19.2 Å². The lowest BCUT2D eigenvalue weighted by Gasteiger charge is -2.22. The average Bonchev–Trinajstić information content (AvgIpc) is 2.48. The Morgan fingerprint density at radius 1 is 1.00 bits per heavy atom. The lowest BCUT2D eigenvalue weighted by molar-refractivity contribution is -0.143. The highest BCUT2D eigenvalue weighted by Gasteiger charge is 2.27. The van der Waals surface area contributed by atoms with E-state index in [-0.39, 0.29) is 25.2 Å². The number of carboxylic acids is 2. The van der Waals surface area contributed by atoms with Gasteiger partial charge in [-0.2, -0.15) is 0 Å². The summed E-state index contributed by atoms with van der Waals surface area (Å²) in [5.41, 5.74) is 5.30. The number of aliphatic carboxylic acids is 2. The van der Waals surface area contributed by atoms with Gasteiger partial charge in [-0.25, -0.2) is 4.79 Å². The summed E-state index contributed by atoms with van der Waals surface area (Å²) in [6, 6.07) is -3.64. The smallest absolute Gasteiger partial charge is 0.328 e. The molecule has 24 heavy (non-hydrogen) atoms. The van der Waals surface area contributed by atoms with E-state index >= 15 is 0 Å². The van der Waals surface area contributed by atoms with Gasteiger partial charge in [0.2, 0.25) is 11.8 Å². The van der Waals surface area contributed by atoms with Crippen molar-refractivity contribution in [2.24, 2.45) is 11.7 Å². The van der Waals surface area contributed by atoms with Crippen LogP contribution in [0.25, 0.3) is 0 Å². The first-order valence-electron chi connectivity index (χ1n) is 7.50. The third-order valence-electron chi connectivity index (χ3n) is 3.16. The van der Waals surface area contributed by atoms with Crippen LogP contribution in [0.5, 0.6) is 0 Å². The van der Waals surface area contributed by atoms with Crippen molar-refractivity contribution in [1.29, 1.82) is 0 Å². The first-order valence-corrected chi connectivity index (χ1v) is 7.50. The quantitative estimate of drug-likeness (QED) is 0.255. The van der Waals surface area contributed by atoms with Crippen molar-refractivity contribution in [3.8, 4) is 0 Å². The summed E-state index contributed by atoms with van der Waals surface area (Å²) >= 11 is 0. The van der Waals surface area contributed by atoms with Crippen molar-refractivity contribution < 1.29 is 34.5 Å². The van der Waals surface area contributed by atoms with Gasteiger partial charge in [-0.1, -0.05) is 13.8 Å². The van der Waals surface area contributed by atoms with E-state index in [4.69, 9.17) is 21.1 Å². The van der Waals surface area contributed by atoms with Gasteiger partial charge in [-0.3, -0.25) is 14.4 Å². The zero-order valence-electron chi connectivity index (χ0n) is 13.7. The van der Waals surface area contributed by atoms with E-state index in [0.29, 0.717) is 0 Å². The van der Waals surface area contributed by atoms with Crippen LogP contribution in [0, 0.1) is 5.92 Å². The Morgan fingerprint density at radius 2 is 1.58 bits per heavy atom. The predicted octanol–water partition coefficient (Wildman–Crippen LogP) is -1.73. The SMILES string of the molecule is CC(C)C[C@H](NC(=O)CC[C@H](N)C(=O)O)C(=O)N[C@@H](CO)C(=O)O. The van der Waals surface area contributed by atoms with E-state index in [2.05, 4.69) is 10.6 Å². The van der Waals surface area contributed by atoms with E-state index in [1.165, 1.54) is 0 Å². The standard InChI is InChI=1S/C14H25N3O7/c1-7(2)5-9(12(20)17-10(6-18)14(23)24)16-11(19)4-3-8(15)13(21)22/h7-10,18H,3-6,15H2,1-2H3,(H,16,19)(H,17,20)(H,21,22)(H,23,24)/t8-,9-,10-/m0/s1. The molecule has 0 unspecified atom stereocenters. The van der Waals surface area contributed by atoms with Crippen LogP contribution >= 0.6 is 0 Å². The fourth-order valence-corrected chi connectivity index (χ4v) is 1.84. The molecule has 3 atom stereocenters. The van der Waals surface area contributed by atoms with Gasteiger partial charge < -0.3 is 31.7 Å². The lowest BCUT2D eigenvalue weighted by Crippen LogP contribution is -2.53. The molecule has 0 rings (SSSR count). The van der Waals surface area contributed by atoms with E-state index in [1.807, 2.05) is 13.8 Å². The second-order valence-electron chi connectivity index (χ2n) is 5.82. The molecule has 0 aliphatic rings. The van der Waals surface area contributed by atoms with Gasteiger partial charge in [0.25, 0.3) is 0 Å². The molecule has 0 fully saturated rings. The molecule has 0 aliphatic heterocycles. The third-order valence-corrected chi connectivity index (χ3v) is 3.16. The van der Waals surface area contributed by atoms with Crippen LogP contribution in [0.2, 0.25) is 0 Å². The van der Waals surface area contributed by atoms with Crippen LogP contribution in [0.4, 0.5) is 0 Å². The van der Waals surface area contributed by atoms with Crippen LogP contribution in [0.1, 0.15) is 33.1 Å². The minimum absolute atomic E-state index is 0.0275. The summed E-state index contributed by atoms with van der Waals surface area (Å²) in [6.45, 7) is 2.85. The van der Waals surface area contributed by atoms with Crippen LogP contribution in [0.3, 0.4) is 0 Å². The molecule has 0 aromatic carbocycles. The average molecular weight is 347 g/mol. The van der Waals surface area contributed by atoms with Gasteiger partial charge >= 0.3 is 11.9 Å². The second-order valence-corrected chi connectivity index (χ2v) is 5.82. The van der Waals surface area contributed by atoms with Crippen LogP contribution in [-0.4, -0.2) is 63.8 Å². The zero-order chi connectivity index (χ0) is 18.9. The molecule has 10 heteroatoms. The predicted molar refractivity (Wildman–Crippen MR) is 82.9 cm³/mol. The van der Waals surface area contributed by atoms with Crippen molar-refractivity contribution in [3.63, 3.8) is 0 Å². The molecule has 0 saturated heterocycles. The number of carbonyl (C=O) groups excluding carboxylic acids is 2. The maximum absolute atomic E-state index is 12.1. The van der Waals surface area contributed by atoms with E-state index in [0.717, 1.165) is 0 Å². The highest BCUT2D eigenvalue weighted by Crippen LogP contribution is 2.06. The Bertz CT molecular complexity index is 467. The molecule has 0 spiro atoms. The van der Waals surface area contributed by atoms with Crippen LogP contribution < -0.4 is 16.4 Å². The first kappa shape index (κ1) is 21.8. The summed E-state index contributed by atoms with van der Waals surface area (Å²) < 4.78 is 0. The van der Waals surface area contributed by atoms with Gasteiger partial charge in [-0.05, 0) is 18.8 Å². The number of nitrogens with one attached hydrogen (secondary N) is 2. The Morgan fingerprint density at radius 3 is 2.00 bits per heavy atom. The molecule has 0 saturated carbocycles. The van der Waals surface area contributed by atoms with E-state index in [9.17, 15) is 19.2 Å². The molecule has 0 heterocycles. The van der Waals surface area contributed by atoms with Crippen molar-refractivity contribution in [3.05, 3.63) is 0 Å². The van der Waals surface area contributed by atoms with Gasteiger partial charge in [0.1, 0.15) is 18.1 Å². The molecular weight excluding hydrogens is 322 g/mol. The number of amides is 2. The number of aliphatic hydroxyl groups excluding tert-OH is 1. The minimum atomic E-state index is -1.47. The van der Waals surface area contributed by atoms with Gasteiger partial charge in [0.15, 0.2) is 0 Å². The fourth-order valence-electron chi connectivity index (χ4n) is 1.84. The maximum atomic E-state index is 12.1. The van der Waals surface area contributed by atoms with Gasteiger partial charge in [0, 0.05) is 6.42 Å². The molecular formula is C14H25N3O7. The topological polar surface area (TPSA) is 179 Å². The zero-order valence-corrected chi connectivity index (χ0v) is 13.7. The molecule has 10 nitrogen and oxygen atoms in total. The molecule has 0 aromatic heterocycles. The largest absolute Gasteiger partial charge is 0.480 e. The molecule has 138 valence electrons. The summed E-state index contributed by atoms with van der Waals surface area (Å²) in [5.74, 6) is -3.90. The number of hydrogen-bond acceptors (Lipinski definition) is 6. The Hall–Kier alpha value is -2.20. The Kier molecular flexibility index (Phi) is 9.58. The molecule has 0 aliphatic carbocycles. The monoisotopic (exact) mass is 347 g/mol. The maximum Gasteiger partial charge on any atom is 0.328 e. The van der Waals surface area contributed by atoms with Crippen molar-refractivity contribution >= 4 is 23.8 Å².